The van der Waals surface area contributed by atoms with Crippen LogP contribution in [-0.4, -0.2) is 49.8 Å². The fourth-order valence-electron chi connectivity index (χ4n) is 20.0. The third kappa shape index (κ3) is 13.4. The second-order valence-electron chi connectivity index (χ2n) is 33.7. The zero-order chi connectivity index (χ0) is 88.7. The fourth-order valence-corrected chi connectivity index (χ4v) is 20.0. The van der Waals surface area contributed by atoms with Crippen molar-refractivity contribution in [1.82, 2.24) is 49.8 Å². The summed E-state index contributed by atoms with van der Waals surface area (Å²) in [5.74, 6) is 0.688. The number of hydrogen-bond donors (Lipinski definition) is 0. The molecule has 134 heavy (non-hydrogen) atoms. The number of para-hydroxylation sites is 3. The molecule has 11 nitrogen and oxygen atoms in total. The van der Waals surface area contributed by atoms with Gasteiger partial charge < -0.3 is 0 Å². The molecule has 9 aromatic heterocycles. The molecule has 27 rings (SSSR count). The molecular formula is C123H73N11. The van der Waals surface area contributed by atoms with E-state index < -0.39 is 0 Å². The minimum absolute atomic E-state index is 0.644. The van der Waals surface area contributed by atoms with Gasteiger partial charge in [-0.1, -0.05) is 340 Å². The minimum Gasteiger partial charge on any atom is -0.265 e. The molecule has 0 spiro atoms. The Morgan fingerprint density at radius 2 is 0.522 bits per heavy atom. The molecule has 0 saturated carbocycles. The van der Waals surface area contributed by atoms with Crippen LogP contribution in [0.15, 0.2) is 443 Å². The third-order valence-corrected chi connectivity index (χ3v) is 26.2. The van der Waals surface area contributed by atoms with Crippen molar-refractivity contribution < 1.29 is 0 Å². The Bertz CT molecular complexity index is 9480. The molecule has 0 saturated heterocycles. The number of fused-ring (bicyclic) bond motifs is 24. The van der Waals surface area contributed by atoms with Gasteiger partial charge in [0.15, 0.2) is 11.5 Å². The van der Waals surface area contributed by atoms with Crippen molar-refractivity contribution in [3.63, 3.8) is 0 Å². The van der Waals surface area contributed by atoms with Crippen LogP contribution >= 0.6 is 0 Å². The zero-order valence-corrected chi connectivity index (χ0v) is 72.1. The second kappa shape index (κ2) is 32.7. The summed E-state index contributed by atoms with van der Waals surface area (Å²) < 4.78 is 0. The van der Waals surface area contributed by atoms with Crippen LogP contribution in [-0.2, 0) is 0 Å². The van der Waals surface area contributed by atoms with Gasteiger partial charge in [0.25, 0.3) is 0 Å². The summed E-state index contributed by atoms with van der Waals surface area (Å²) in [5.41, 5.74) is 23.8. The monoisotopic (exact) mass is 1700 g/mol. The molecule has 11 heteroatoms. The van der Waals surface area contributed by atoms with Crippen molar-refractivity contribution in [3.8, 4) is 101 Å². The van der Waals surface area contributed by atoms with Gasteiger partial charge in [-0.2, -0.15) is 0 Å². The topological polar surface area (TPSA) is 133 Å². The van der Waals surface area contributed by atoms with Gasteiger partial charge in [-0.3, -0.25) is 19.9 Å². The lowest BCUT2D eigenvalue weighted by atomic mass is 9.90. The molecule has 620 valence electrons. The number of nitrogens with zero attached hydrogens (tertiary/aromatic N) is 11. The first-order chi connectivity index (χ1) is 66.4. The van der Waals surface area contributed by atoms with Crippen LogP contribution in [0.3, 0.4) is 0 Å². The normalized spacial score (nSPS) is 11.6. The predicted molar refractivity (Wildman–Crippen MR) is 555 cm³/mol. The van der Waals surface area contributed by atoms with Crippen LogP contribution < -0.4 is 0 Å². The van der Waals surface area contributed by atoms with Crippen LogP contribution in [0.1, 0.15) is 0 Å². The van der Waals surface area contributed by atoms with Crippen molar-refractivity contribution in [2.24, 2.45) is 0 Å². The molecule has 0 aliphatic carbocycles. The average molecular weight is 1710 g/mol. The van der Waals surface area contributed by atoms with E-state index in [2.05, 4.69) is 325 Å². The Hall–Kier alpha value is -18.4. The molecular weight excluding hydrogens is 1630 g/mol. The van der Waals surface area contributed by atoms with Gasteiger partial charge in [-0.05, 0) is 132 Å². The maximum Gasteiger partial charge on any atom is 0.187 e. The Balaban J connectivity index is 0.000000108. The highest BCUT2D eigenvalue weighted by atomic mass is 14.9. The lowest BCUT2D eigenvalue weighted by Gasteiger charge is -2.16. The summed E-state index contributed by atoms with van der Waals surface area (Å²) in [4.78, 5) is 53.7. The van der Waals surface area contributed by atoms with Gasteiger partial charge in [0.2, 0.25) is 0 Å². The molecule has 0 atom stereocenters. The summed E-state index contributed by atoms with van der Waals surface area (Å²) >= 11 is 0. The maximum atomic E-state index is 7.31. The molecule has 0 unspecified atom stereocenters. The highest BCUT2D eigenvalue weighted by molar-refractivity contribution is 6.32. The van der Waals surface area contributed by atoms with E-state index in [9.17, 15) is 0 Å². The molecule has 0 bridgehead atoms. The van der Waals surface area contributed by atoms with Crippen molar-refractivity contribution in [3.05, 3.63) is 455 Å². The van der Waals surface area contributed by atoms with Gasteiger partial charge in [0.1, 0.15) is 0 Å². The highest BCUT2D eigenvalue weighted by Crippen LogP contribution is 2.49. The molecule has 9 heterocycles. The van der Waals surface area contributed by atoms with Gasteiger partial charge >= 0.3 is 0 Å². The summed E-state index contributed by atoms with van der Waals surface area (Å²) in [6.45, 7) is 7.31. The van der Waals surface area contributed by atoms with Crippen molar-refractivity contribution in [2.75, 3.05) is 0 Å². The first kappa shape index (κ1) is 77.9. The number of hydrogen-bond acceptors (Lipinski definition) is 10. The van der Waals surface area contributed by atoms with E-state index in [1.54, 1.807) is 12.4 Å². The van der Waals surface area contributed by atoms with E-state index in [1.807, 2.05) is 116 Å². The lowest BCUT2D eigenvalue weighted by molar-refractivity contribution is 1.19. The molecule has 18 aromatic carbocycles. The molecule has 0 N–H and O–H groups in total. The smallest absolute Gasteiger partial charge is 0.187 e. The first-order valence-electron chi connectivity index (χ1n) is 44.8. The van der Waals surface area contributed by atoms with Crippen LogP contribution in [0.25, 0.3) is 269 Å². The van der Waals surface area contributed by atoms with Crippen molar-refractivity contribution in [1.29, 1.82) is 0 Å². The second-order valence-corrected chi connectivity index (χ2v) is 33.7. The predicted octanol–water partition coefficient (Wildman–Crippen LogP) is 31.9. The summed E-state index contributed by atoms with van der Waals surface area (Å²) in [6.07, 6.45) is 9.25. The average Bonchev–Trinajstić information content (AvgIpc) is 0.726. The molecule has 0 aliphatic heterocycles. The van der Waals surface area contributed by atoms with Crippen molar-refractivity contribution >= 4 is 168 Å². The zero-order valence-electron chi connectivity index (χ0n) is 72.1. The van der Waals surface area contributed by atoms with Crippen molar-refractivity contribution in [2.45, 2.75) is 0 Å². The van der Waals surface area contributed by atoms with Gasteiger partial charge in [-0.25, -0.2) is 34.7 Å². The van der Waals surface area contributed by atoms with E-state index in [0.717, 1.165) is 226 Å². The SMILES string of the molecule is [C-]#[N+]c1ccc(-c2ccc(-c3nc4ccccc4c4c3ccc3ccc5cccnc5c34)c3ccccc23)cc1.c1cc(-c2ccncc2)nc(-c2ccc(-c3nc4ccccc4c4c3ccc3ccc5cccnc5c34)c3ccccc23)c1.c1ccc(-c2cc(-c3ccccc3)nc(-c3ccc(-c4nc5ccccc5c5c4ccc4ccc6cccnc6c45)c4ccccc34)n2)cc1. The molecule has 0 amide bonds. The Morgan fingerprint density at radius 3 is 0.948 bits per heavy atom. The van der Waals surface area contributed by atoms with E-state index in [4.69, 9.17) is 51.4 Å². The number of rotatable bonds is 9. The minimum atomic E-state index is 0.644. The van der Waals surface area contributed by atoms with Crippen LogP contribution in [0.4, 0.5) is 5.69 Å². The fraction of sp³-hybridized carbons (Fsp3) is 0. The Morgan fingerprint density at radius 1 is 0.187 bits per heavy atom. The first-order valence-corrected chi connectivity index (χ1v) is 44.8. The molecule has 0 radical (unpaired) electrons. The van der Waals surface area contributed by atoms with Gasteiger partial charge in [0, 0.05) is 156 Å². The quantitative estimate of drug-likeness (QED) is 0.102. The molecule has 27 aromatic rings. The summed E-state index contributed by atoms with van der Waals surface area (Å²) in [5, 5.41) is 27.4. The molecule has 0 fully saturated rings. The van der Waals surface area contributed by atoms with Gasteiger partial charge in [-0.15, -0.1) is 0 Å². The Labute approximate surface area is 768 Å². The maximum absolute atomic E-state index is 7.31. The summed E-state index contributed by atoms with van der Waals surface area (Å²) in [6, 6.07) is 144. The van der Waals surface area contributed by atoms with E-state index >= 15 is 0 Å². The van der Waals surface area contributed by atoms with E-state index in [-0.39, 0.29) is 0 Å². The highest BCUT2D eigenvalue weighted by Gasteiger charge is 2.25. The van der Waals surface area contributed by atoms with Crippen LogP contribution in [0.2, 0.25) is 0 Å². The van der Waals surface area contributed by atoms with Gasteiger partial charge in [0.05, 0.1) is 79.5 Å². The largest absolute Gasteiger partial charge is 0.265 e. The Kier molecular flexibility index (Phi) is 19.0. The number of aromatic nitrogens is 10. The third-order valence-electron chi connectivity index (χ3n) is 26.2. The molecule has 0 aliphatic rings. The number of pyridine rings is 8. The van der Waals surface area contributed by atoms with E-state index in [0.29, 0.717) is 11.5 Å². The van der Waals surface area contributed by atoms with Crippen LogP contribution in [0.5, 0.6) is 0 Å². The van der Waals surface area contributed by atoms with E-state index in [1.165, 1.54) is 32.3 Å². The summed E-state index contributed by atoms with van der Waals surface area (Å²) in [7, 11) is 0. The van der Waals surface area contributed by atoms with Crippen LogP contribution in [0, 0.1) is 6.57 Å². The number of benzene rings is 18. The lowest BCUT2D eigenvalue weighted by Crippen LogP contribution is -1.97. The standard InChI is InChI=1S/C46H28N4.C40H24N4.C37H21N3/c1-3-12-29(13-4-1)40-28-41(30-14-5-2-6-15-30)50-46(49-40)36-26-25-35(33-17-7-8-18-34(33)36)45-38-24-23-31-21-22-32-16-11-27-47-44(32)42(31)43(38)37-19-9-10-20-39(37)48-45;1-2-9-29-28(8-1)30(35-13-5-12-34(43-35)25-20-23-41-24-21-25)18-19-31(29)40-33-17-16-26-14-15-27-7-6-22-42-39(27)37(26)38(33)32-10-3-4-11-36(32)44-40;1-38-26-17-14-23(15-18-26)27-20-21-30(29-9-3-2-8-28(27)29)37-32-19-16-24-12-13-25-7-6-22-39-36(25)34(24)35(32)31-10-4-5-11-33(31)40-37/h1-28H;1-24H;2-22H.